The Balaban J connectivity index is 1.63. The first kappa shape index (κ1) is 20.3. The van der Waals surface area contributed by atoms with Crippen molar-refractivity contribution in [3.05, 3.63) is 41.5 Å². The van der Waals surface area contributed by atoms with Crippen molar-refractivity contribution in [2.45, 2.75) is 33.1 Å². The summed E-state index contributed by atoms with van der Waals surface area (Å²) >= 11 is 5.85. The van der Waals surface area contributed by atoms with Crippen LogP contribution in [0, 0.1) is 19.8 Å². The van der Waals surface area contributed by atoms with Gasteiger partial charge in [0.2, 0.25) is 0 Å². The number of hydrogen-bond donors (Lipinski definition) is 1. The number of anilines is 1. The highest BCUT2D eigenvalue weighted by molar-refractivity contribution is 7.80. The molecule has 1 atom stereocenters. The first-order valence-corrected chi connectivity index (χ1v) is 10.6. The SMILES string of the molecule is Cc1ccc(C)c(NC(=S)N(CCN2CCOCC2)CC2CC=CCC2)c1. The van der Waals surface area contributed by atoms with Gasteiger partial charge in [0, 0.05) is 38.4 Å². The van der Waals surface area contributed by atoms with Crippen LogP contribution in [0.2, 0.25) is 0 Å². The fourth-order valence-electron chi connectivity index (χ4n) is 3.76. The van der Waals surface area contributed by atoms with Gasteiger partial charge in [0.15, 0.2) is 5.11 Å². The highest BCUT2D eigenvalue weighted by atomic mass is 32.1. The Bertz CT molecular complexity index is 655. The van der Waals surface area contributed by atoms with E-state index < -0.39 is 0 Å². The standard InChI is InChI=1S/C22H33N3OS/c1-18-8-9-19(2)21(16-18)23-22(27)25(17-20-6-4-3-5-7-20)11-10-24-12-14-26-15-13-24/h3-4,8-9,16,20H,5-7,10-15,17H2,1-2H3,(H,23,27). The number of hydrogen-bond acceptors (Lipinski definition) is 3. The second kappa shape index (κ2) is 10.2. The molecule has 27 heavy (non-hydrogen) atoms. The molecule has 1 N–H and O–H groups in total. The summed E-state index contributed by atoms with van der Waals surface area (Å²) in [4.78, 5) is 4.87. The number of thiocarbonyl (C=S) groups is 1. The second-order valence-corrected chi connectivity index (χ2v) is 8.19. The van der Waals surface area contributed by atoms with Crippen molar-refractivity contribution in [1.29, 1.82) is 0 Å². The first-order chi connectivity index (χ1) is 13.1. The molecule has 0 amide bonds. The molecule has 0 radical (unpaired) electrons. The Hall–Kier alpha value is -1.43. The molecule has 0 saturated carbocycles. The largest absolute Gasteiger partial charge is 0.379 e. The molecular weight excluding hydrogens is 354 g/mol. The summed E-state index contributed by atoms with van der Waals surface area (Å²) < 4.78 is 5.48. The van der Waals surface area contributed by atoms with E-state index in [0.29, 0.717) is 5.92 Å². The molecule has 1 saturated heterocycles. The Morgan fingerprint density at radius 3 is 2.81 bits per heavy atom. The molecule has 4 nitrogen and oxygen atoms in total. The number of aryl methyl sites for hydroxylation is 2. The van der Waals surface area contributed by atoms with Gasteiger partial charge >= 0.3 is 0 Å². The number of nitrogens with one attached hydrogen (secondary N) is 1. The van der Waals surface area contributed by atoms with Gasteiger partial charge in [0.1, 0.15) is 0 Å². The Morgan fingerprint density at radius 1 is 1.26 bits per heavy atom. The van der Waals surface area contributed by atoms with E-state index in [9.17, 15) is 0 Å². The monoisotopic (exact) mass is 387 g/mol. The summed E-state index contributed by atoms with van der Waals surface area (Å²) in [5, 5.41) is 4.38. The van der Waals surface area contributed by atoms with Gasteiger partial charge in [-0.3, -0.25) is 4.90 Å². The minimum absolute atomic E-state index is 0.693. The lowest BCUT2D eigenvalue weighted by molar-refractivity contribution is 0.0356. The zero-order chi connectivity index (χ0) is 19.1. The lowest BCUT2D eigenvalue weighted by Gasteiger charge is -2.34. The molecular formula is C22H33N3OS. The van der Waals surface area contributed by atoms with Gasteiger partial charge in [-0.1, -0.05) is 24.3 Å². The predicted octanol–water partition coefficient (Wildman–Crippen LogP) is 3.99. The fraction of sp³-hybridized carbons (Fsp3) is 0.591. The predicted molar refractivity (Wildman–Crippen MR) is 117 cm³/mol. The minimum atomic E-state index is 0.693. The van der Waals surface area contributed by atoms with Crippen molar-refractivity contribution >= 4 is 23.0 Å². The number of allylic oxidation sites excluding steroid dienone is 2. The van der Waals surface area contributed by atoms with Crippen LogP contribution in [-0.4, -0.2) is 60.8 Å². The maximum Gasteiger partial charge on any atom is 0.173 e. The van der Waals surface area contributed by atoms with E-state index in [1.165, 1.54) is 30.4 Å². The van der Waals surface area contributed by atoms with Crippen molar-refractivity contribution in [3.8, 4) is 0 Å². The quantitative estimate of drug-likeness (QED) is 0.588. The smallest absolute Gasteiger partial charge is 0.173 e. The van der Waals surface area contributed by atoms with E-state index in [-0.39, 0.29) is 0 Å². The van der Waals surface area contributed by atoms with Crippen LogP contribution in [0.1, 0.15) is 30.4 Å². The molecule has 1 heterocycles. The van der Waals surface area contributed by atoms with Crippen LogP contribution in [0.3, 0.4) is 0 Å². The van der Waals surface area contributed by atoms with Crippen LogP contribution < -0.4 is 5.32 Å². The third-order valence-electron chi connectivity index (χ3n) is 5.57. The van der Waals surface area contributed by atoms with Gasteiger partial charge < -0.3 is 15.0 Å². The maximum absolute atomic E-state index is 5.85. The molecule has 2 aliphatic rings. The van der Waals surface area contributed by atoms with Gasteiger partial charge in [-0.15, -0.1) is 0 Å². The van der Waals surface area contributed by atoms with Crippen molar-refractivity contribution in [2.24, 2.45) is 5.92 Å². The van der Waals surface area contributed by atoms with E-state index in [1.54, 1.807) is 0 Å². The zero-order valence-corrected chi connectivity index (χ0v) is 17.6. The molecule has 1 aliphatic heterocycles. The van der Waals surface area contributed by atoms with Crippen LogP contribution in [-0.2, 0) is 4.74 Å². The van der Waals surface area contributed by atoms with Gasteiger partial charge in [0.25, 0.3) is 0 Å². The molecule has 1 aromatic carbocycles. The summed E-state index contributed by atoms with van der Waals surface area (Å²) in [6.45, 7) is 11.0. The van der Waals surface area contributed by atoms with E-state index in [1.807, 2.05) is 0 Å². The highest BCUT2D eigenvalue weighted by Gasteiger charge is 2.19. The summed E-state index contributed by atoms with van der Waals surface area (Å²) in [6, 6.07) is 6.49. The molecule has 1 aliphatic carbocycles. The van der Waals surface area contributed by atoms with Crippen molar-refractivity contribution in [3.63, 3.8) is 0 Å². The Kier molecular flexibility index (Phi) is 7.68. The average molecular weight is 388 g/mol. The van der Waals surface area contributed by atoms with Crippen LogP contribution in [0.4, 0.5) is 5.69 Å². The molecule has 1 aromatic rings. The van der Waals surface area contributed by atoms with Crippen molar-refractivity contribution < 1.29 is 4.74 Å². The van der Waals surface area contributed by atoms with Gasteiger partial charge in [-0.2, -0.15) is 0 Å². The molecule has 0 aromatic heterocycles. The van der Waals surface area contributed by atoms with Gasteiger partial charge in [-0.05, 0) is 68.4 Å². The van der Waals surface area contributed by atoms with E-state index in [4.69, 9.17) is 17.0 Å². The zero-order valence-electron chi connectivity index (χ0n) is 16.7. The number of morpholine rings is 1. The molecule has 1 unspecified atom stereocenters. The molecule has 148 valence electrons. The lowest BCUT2D eigenvalue weighted by Crippen LogP contribution is -2.45. The number of benzene rings is 1. The van der Waals surface area contributed by atoms with Crippen molar-refractivity contribution in [1.82, 2.24) is 9.80 Å². The normalized spacial score (nSPS) is 20.4. The van der Waals surface area contributed by atoms with Crippen LogP contribution in [0.25, 0.3) is 0 Å². The molecule has 0 bridgehead atoms. The summed E-state index contributed by atoms with van der Waals surface area (Å²) in [7, 11) is 0. The van der Waals surface area contributed by atoms with Gasteiger partial charge in [-0.25, -0.2) is 0 Å². The van der Waals surface area contributed by atoms with Crippen LogP contribution >= 0.6 is 12.2 Å². The Labute approximate surface area is 169 Å². The fourth-order valence-corrected chi connectivity index (χ4v) is 4.04. The third kappa shape index (κ3) is 6.30. The second-order valence-electron chi connectivity index (χ2n) is 7.80. The third-order valence-corrected chi connectivity index (χ3v) is 5.93. The molecule has 1 fully saturated rings. The molecule has 3 rings (SSSR count). The number of rotatable bonds is 6. The van der Waals surface area contributed by atoms with Crippen molar-refractivity contribution in [2.75, 3.05) is 51.3 Å². The maximum atomic E-state index is 5.85. The van der Waals surface area contributed by atoms with E-state index in [0.717, 1.165) is 56.7 Å². The first-order valence-electron chi connectivity index (χ1n) is 10.2. The summed E-state index contributed by atoms with van der Waals surface area (Å²) in [5.41, 5.74) is 3.61. The molecule has 0 spiro atoms. The van der Waals surface area contributed by atoms with E-state index in [2.05, 4.69) is 59.3 Å². The van der Waals surface area contributed by atoms with Crippen LogP contribution in [0.5, 0.6) is 0 Å². The number of nitrogens with zero attached hydrogens (tertiary/aromatic N) is 2. The highest BCUT2D eigenvalue weighted by Crippen LogP contribution is 2.21. The van der Waals surface area contributed by atoms with Gasteiger partial charge in [0.05, 0.1) is 13.2 Å². The average Bonchev–Trinajstić information content (AvgIpc) is 2.69. The molecule has 5 heteroatoms. The van der Waals surface area contributed by atoms with E-state index >= 15 is 0 Å². The topological polar surface area (TPSA) is 27.7 Å². The van der Waals surface area contributed by atoms with Crippen LogP contribution in [0.15, 0.2) is 30.4 Å². The minimum Gasteiger partial charge on any atom is -0.379 e. The summed E-state index contributed by atoms with van der Waals surface area (Å²) in [5.74, 6) is 0.693. The Morgan fingerprint density at radius 2 is 2.07 bits per heavy atom. The number of ether oxygens (including phenoxy) is 1. The summed E-state index contributed by atoms with van der Waals surface area (Å²) in [6.07, 6.45) is 8.26. The lowest BCUT2D eigenvalue weighted by atomic mass is 9.94.